The highest BCUT2D eigenvalue weighted by molar-refractivity contribution is 8.15. The summed E-state index contributed by atoms with van der Waals surface area (Å²) in [7, 11) is 0.00150. The fourth-order valence-corrected chi connectivity index (χ4v) is 1.90. The molecule has 0 saturated carbocycles. The van der Waals surface area contributed by atoms with Gasteiger partial charge in [-0.25, -0.2) is 15.9 Å². The molecule has 0 aliphatic rings. The van der Waals surface area contributed by atoms with E-state index in [1.807, 2.05) is 12.4 Å². The van der Waals surface area contributed by atoms with Crippen LogP contribution in [0.2, 0.25) is 0 Å². The van der Waals surface area contributed by atoms with Crippen molar-refractivity contribution in [1.82, 2.24) is 9.38 Å². The second-order valence-corrected chi connectivity index (χ2v) is 5.28. The summed E-state index contributed by atoms with van der Waals surface area (Å²) in [6.07, 6.45) is 10.5. The zero-order valence-corrected chi connectivity index (χ0v) is 8.12. The Hall–Kier alpha value is -0.960. The van der Waals surface area contributed by atoms with Gasteiger partial charge in [0.1, 0.15) is 5.65 Å². The van der Waals surface area contributed by atoms with Crippen molar-refractivity contribution in [3.63, 3.8) is 0 Å². The highest BCUT2D eigenvalue weighted by Crippen LogP contribution is 2.27. The zero-order chi connectivity index (χ0) is 8.55. The third-order valence-electron chi connectivity index (χ3n) is 1.89. The van der Waals surface area contributed by atoms with Crippen LogP contribution < -0.4 is 0 Å². The molecule has 2 nitrogen and oxygen atoms in total. The van der Waals surface area contributed by atoms with Gasteiger partial charge in [-0.05, 0) is 24.6 Å². The fraction of sp³-hybridized carbons (Fsp3) is 0.222. The first-order chi connectivity index (χ1) is 5.77. The molecule has 0 bridgehead atoms. The molecule has 0 fully saturated rings. The Balaban J connectivity index is 2.60. The van der Waals surface area contributed by atoms with E-state index in [9.17, 15) is 0 Å². The summed E-state index contributed by atoms with van der Waals surface area (Å²) in [6.45, 7) is 0. The molecule has 0 aromatic carbocycles. The molecule has 0 aliphatic carbocycles. The van der Waals surface area contributed by atoms with Gasteiger partial charge in [0, 0.05) is 23.5 Å². The second kappa shape index (κ2) is 2.83. The van der Waals surface area contributed by atoms with Crippen LogP contribution in [0.1, 0.15) is 0 Å². The van der Waals surface area contributed by atoms with Gasteiger partial charge in [-0.2, -0.15) is 0 Å². The van der Waals surface area contributed by atoms with E-state index in [0.29, 0.717) is 0 Å². The molecule has 2 aromatic heterocycles. The molecule has 64 valence electrons. The Bertz CT molecular complexity index is 392. The number of imidazole rings is 1. The van der Waals surface area contributed by atoms with Crippen LogP contribution in [0.5, 0.6) is 0 Å². The topological polar surface area (TPSA) is 17.3 Å². The number of hydrogen-bond donors (Lipinski definition) is 1. The number of aromatic nitrogens is 2. The van der Waals surface area contributed by atoms with Gasteiger partial charge in [0.15, 0.2) is 0 Å². The van der Waals surface area contributed by atoms with Gasteiger partial charge >= 0.3 is 0 Å². The molecule has 2 heterocycles. The van der Waals surface area contributed by atoms with Crippen LogP contribution in [0.3, 0.4) is 0 Å². The van der Waals surface area contributed by atoms with Gasteiger partial charge in [-0.15, -0.1) is 0 Å². The van der Waals surface area contributed by atoms with Crippen molar-refractivity contribution in [2.45, 2.75) is 4.90 Å². The van der Waals surface area contributed by atoms with E-state index in [1.54, 1.807) is 0 Å². The summed E-state index contributed by atoms with van der Waals surface area (Å²) in [5.41, 5.74) is 1.02. The standard InChI is InChI=1S/C9H12N2S/c1-12(2)8-3-4-9-10-5-6-11(9)7-8/h3-7,12H,1-2H3. The molecule has 0 radical (unpaired) electrons. The lowest BCUT2D eigenvalue weighted by Crippen LogP contribution is -1.85. The van der Waals surface area contributed by atoms with Crippen LogP contribution in [0.15, 0.2) is 35.6 Å². The highest BCUT2D eigenvalue weighted by atomic mass is 32.2. The molecular weight excluding hydrogens is 168 g/mol. The van der Waals surface area contributed by atoms with Crippen molar-refractivity contribution in [2.75, 3.05) is 12.5 Å². The summed E-state index contributed by atoms with van der Waals surface area (Å²) in [6, 6.07) is 4.23. The van der Waals surface area contributed by atoms with Gasteiger partial charge in [-0.1, -0.05) is 0 Å². The largest absolute Gasteiger partial charge is 0.306 e. The lowest BCUT2D eigenvalue weighted by atomic mass is 10.5. The number of hydrogen-bond acceptors (Lipinski definition) is 1. The van der Waals surface area contributed by atoms with Gasteiger partial charge < -0.3 is 4.40 Å². The smallest absolute Gasteiger partial charge is 0.136 e. The monoisotopic (exact) mass is 180 g/mol. The third kappa shape index (κ3) is 1.20. The predicted octanol–water partition coefficient (Wildman–Crippen LogP) is 1.95. The third-order valence-corrected chi connectivity index (χ3v) is 3.19. The van der Waals surface area contributed by atoms with Gasteiger partial charge in [0.2, 0.25) is 0 Å². The van der Waals surface area contributed by atoms with Gasteiger partial charge in [0.25, 0.3) is 0 Å². The molecule has 0 atom stereocenters. The Labute approximate surface area is 74.6 Å². The number of fused-ring (bicyclic) bond motifs is 1. The quantitative estimate of drug-likeness (QED) is 0.664. The van der Waals surface area contributed by atoms with E-state index in [-0.39, 0.29) is 10.9 Å². The van der Waals surface area contributed by atoms with Crippen LogP contribution in [-0.2, 0) is 0 Å². The van der Waals surface area contributed by atoms with Crippen molar-refractivity contribution in [3.05, 3.63) is 30.7 Å². The second-order valence-electron chi connectivity index (χ2n) is 2.97. The van der Waals surface area contributed by atoms with E-state index in [4.69, 9.17) is 0 Å². The summed E-state index contributed by atoms with van der Waals surface area (Å²) in [5, 5.41) is 0. The number of thiol groups is 1. The lowest BCUT2D eigenvalue weighted by Gasteiger charge is -2.08. The van der Waals surface area contributed by atoms with Crippen molar-refractivity contribution >= 4 is 16.5 Å². The summed E-state index contributed by atoms with van der Waals surface area (Å²) in [5.74, 6) is 0. The maximum atomic E-state index is 4.19. The minimum atomic E-state index is 0.00150. The lowest BCUT2D eigenvalue weighted by molar-refractivity contribution is 1.13. The first-order valence-corrected chi connectivity index (χ1v) is 6.11. The van der Waals surface area contributed by atoms with Crippen molar-refractivity contribution in [1.29, 1.82) is 0 Å². The maximum Gasteiger partial charge on any atom is 0.136 e. The van der Waals surface area contributed by atoms with Crippen LogP contribution in [0.25, 0.3) is 5.65 Å². The molecule has 0 unspecified atom stereocenters. The highest BCUT2D eigenvalue weighted by Gasteiger charge is 1.97. The van der Waals surface area contributed by atoms with Crippen molar-refractivity contribution in [3.8, 4) is 0 Å². The Kier molecular flexibility index (Phi) is 1.81. The van der Waals surface area contributed by atoms with Crippen LogP contribution >= 0.6 is 10.9 Å². The Morgan fingerprint density at radius 1 is 1.33 bits per heavy atom. The SMILES string of the molecule is C[SH](C)c1ccc2nccn2c1. The number of pyridine rings is 1. The van der Waals surface area contributed by atoms with E-state index < -0.39 is 0 Å². The summed E-state index contributed by atoms with van der Waals surface area (Å²) in [4.78, 5) is 5.60. The average Bonchev–Trinajstić information content (AvgIpc) is 2.49. The Morgan fingerprint density at radius 2 is 2.17 bits per heavy atom. The molecule has 0 saturated heterocycles. The Morgan fingerprint density at radius 3 is 2.92 bits per heavy atom. The normalized spacial score (nSPS) is 12.0. The molecule has 3 heteroatoms. The van der Waals surface area contributed by atoms with Crippen molar-refractivity contribution < 1.29 is 0 Å². The predicted molar refractivity (Wildman–Crippen MR) is 54.3 cm³/mol. The number of nitrogens with zero attached hydrogens (tertiary/aromatic N) is 2. The molecule has 2 aromatic rings. The molecular formula is C9H12N2S. The minimum Gasteiger partial charge on any atom is -0.306 e. The molecule has 0 amide bonds. The van der Waals surface area contributed by atoms with Crippen LogP contribution in [-0.4, -0.2) is 21.9 Å². The molecule has 12 heavy (non-hydrogen) atoms. The minimum absolute atomic E-state index is 0.00150. The van der Waals surface area contributed by atoms with Crippen molar-refractivity contribution in [2.24, 2.45) is 0 Å². The first kappa shape index (κ1) is 7.68. The van der Waals surface area contributed by atoms with E-state index in [1.165, 1.54) is 4.90 Å². The zero-order valence-electron chi connectivity index (χ0n) is 7.23. The number of rotatable bonds is 1. The van der Waals surface area contributed by atoms with Gasteiger partial charge in [0.05, 0.1) is 0 Å². The summed E-state index contributed by atoms with van der Waals surface area (Å²) < 4.78 is 2.07. The molecule has 0 spiro atoms. The fourth-order valence-electron chi connectivity index (χ4n) is 1.17. The summed E-state index contributed by atoms with van der Waals surface area (Å²) >= 11 is 0. The molecule has 2 rings (SSSR count). The van der Waals surface area contributed by atoms with Crippen LogP contribution in [0, 0.1) is 0 Å². The average molecular weight is 180 g/mol. The van der Waals surface area contributed by atoms with E-state index in [0.717, 1.165) is 5.65 Å². The maximum absolute atomic E-state index is 4.19. The molecule has 0 N–H and O–H groups in total. The van der Waals surface area contributed by atoms with E-state index in [2.05, 4.69) is 40.2 Å². The van der Waals surface area contributed by atoms with Crippen LogP contribution in [0.4, 0.5) is 0 Å². The van der Waals surface area contributed by atoms with E-state index >= 15 is 0 Å². The first-order valence-electron chi connectivity index (χ1n) is 3.87. The van der Waals surface area contributed by atoms with Gasteiger partial charge in [-0.3, -0.25) is 0 Å². The molecule has 0 aliphatic heterocycles.